The summed E-state index contributed by atoms with van der Waals surface area (Å²) in [4.78, 5) is 8.66. The van der Waals surface area contributed by atoms with E-state index in [1.807, 2.05) is 24.3 Å². The summed E-state index contributed by atoms with van der Waals surface area (Å²) in [7, 11) is 0. The van der Waals surface area contributed by atoms with Crippen LogP contribution in [0.15, 0.2) is 36.5 Å². The quantitative estimate of drug-likeness (QED) is 0.739. The van der Waals surface area contributed by atoms with Crippen LogP contribution in [0.3, 0.4) is 0 Å². The summed E-state index contributed by atoms with van der Waals surface area (Å²) >= 11 is 1.66. The molecule has 0 bridgehead atoms. The minimum absolute atomic E-state index is 0.198. The number of benzene rings is 1. The second-order valence-electron chi connectivity index (χ2n) is 6.64. The molecule has 1 saturated carbocycles. The Kier molecular flexibility index (Phi) is 4.83. The first-order valence-electron chi connectivity index (χ1n) is 8.83. The average molecular weight is 365 g/mol. The van der Waals surface area contributed by atoms with E-state index in [-0.39, 0.29) is 6.10 Å². The fraction of sp³-hybridized carbons (Fsp3) is 0.350. The highest BCUT2D eigenvalue weighted by molar-refractivity contribution is 7.18. The molecule has 1 aliphatic carbocycles. The van der Waals surface area contributed by atoms with Crippen molar-refractivity contribution in [2.75, 3.05) is 0 Å². The Morgan fingerprint density at radius 1 is 1.19 bits per heavy atom. The molecule has 132 valence electrons. The normalized spacial score (nSPS) is 20.0. The Balaban J connectivity index is 1.53. The van der Waals surface area contributed by atoms with Gasteiger partial charge < -0.3 is 9.84 Å². The third kappa shape index (κ3) is 3.69. The van der Waals surface area contributed by atoms with Crippen molar-refractivity contribution in [3.63, 3.8) is 0 Å². The van der Waals surface area contributed by atoms with E-state index < -0.39 is 0 Å². The second kappa shape index (κ2) is 7.40. The molecule has 3 aromatic rings. The van der Waals surface area contributed by atoms with Gasteiger partial charge in [0.15, 0.2) is 0 Å². The van der Waals surface area contributed by atoms with Gasteiger partial charge in [0, 0.05) is 24.8 Å². The molecule has 0 spiro atoms. The maximum Gasteiger partial charge on any atom is 0.144 e. The highest BCUT2D eigenvalue weighted by Crippen LogP contribution is 2.33. The molecule has 0 aliphatic heterocycles. The number of nitriles is 1. The van der Waals surface area contributed by atoms with Gasteiger partial charge in [-0.25, -0.2) is 9.97 Å². The Labute approximate surface area is 155 Å². The highest BCUT2D eigenvalue weighted by atomic mass is 32.1. The van der Waals surface area contributed by atoms with Gasteiger partial charge in [0.05, 0.1) is 21.3 Å². The fourth-order valence-electron chi connectivity index (χ4n) is 3.43. The van der Waals surface area contributed by atoms with E-state index in [4.69, 9.17) is 15.0 Å². The molecule has 2 atom stereocenters. The summed E-state index contributed by atoms with van der Waals surface area (Å²) in [6.07, 6.45) is 6.51. The predicted octanol–water partition coefficient (Wildman–Crippen LogP) is 4.45. The molecule has 5 nitrogen and oxygen atoms in total. The monoisotopic (exact) mass is 365 g/mol. The number of rotatable bonds is 4. The van der Waals surface area contributed by atoms with E-state index in [0.717, 1.165) is 40.9 Å². The SMILES string of the molecule is N#Cc1cc(Oc2ccc3nc(C[C@@H]4CCCC[C@H]4O)sc3c2)ccn1. The first kappa shape index (κ1) is 17.0. The summed E-state index contributed by atoms with van der Waals surface area (Å²) in [5.41, 5.74) is 1.28. The van der Waals surface area contributed by atoms with Crippen LogP contribution < -0.4 is 4.74 Å². The fourth-order valence-corrected chi connectivity index (χ4v) is 4.51. The number of nitrogens with zero attached hydrogens (tertiary/aromatic N) is 3. The molecule has 1 aromatic carbocycles. The van der Waals surface area contributed by atoms with E-state index in [0.29, 0.717) is 23.1 Å². The van der Waals surface area contributed by atoms with Crippen molar-refractivity contribution in [1.29, 1.82) is 5.26 Å². The van der Waals surface area contributed by atoms with E-state index in [2.05, 4.69) is 4.98 Å². The standard InChI is InChI=1S/C20H19N3O2S/c21-12-14-10-16(7-8-22-14)25-15-5-6-17-19(11-15)26-20(23-17)9-13-3-1-2-4-18(13)24/h5-8,10-11,13,18,24H,1-4,9H2/t13-,18+/m0/s1. The van der Waals surface area contributed by atoms with Crippen LogP contribution in [-0.2, 0) is 6.42 Å². The molecule has 0 radical (unpaired) electrons. The lowest BCUT2D eigenvalue weighted by Gasteiger charge is -2.26. The number of thiazole rings is 1. The smallest absolute Gasteiger partial charge is 0.144 e. The van der Waals surface area contributed by atoms with Gasteiger partial charge in [-0.05, 0) is 37.0 Å². The number of hydrogen-bond donors (Lipinski definition) is 1. The number of fused-ring (bicyclic) bond motifs is 1. The topological polar surface area (TPSA) is 79.0 Å². The predicted molar refractivity (Wildman–Crippen MR) is 100 cm³/mol. The lowest BCUT2D eigenvalue weighted by atomic mass is 9.84. The summed E-state index contributed by atoms with van der Waals surface area (Å²) in [6, 6.07) is 11.2. The van der Waals surface area contributed by atoms with E-state index in [1.54, 1.807) is 29.7 Å². The minimum atomic E-state index is -0.198. The van der Waals surface area contributed by atoms with E-state index >= 15 is 0 Å². The van der Waals surface area contributed by atoms with Gasteiger partial charge in [0.2, 0.25) is 0 Å². The molecular weight excluding hydrogens is 346 g/mol. The van der Waals surface area contributed by atoms with Gasteiger partial charge in [-0.3, -0.25) is 0 Å². The van der Waals surface area contributed by atoms with Crippen LogP contribution in [-0.4, -0.2) is 21.2 Å². The minimum Gasteiger partial charge on any atom is -0.457 e. The highest BCUT2D eigenvalue weighted by Gasteiger charge is 2.24. The first-order valence-corrected chi connectivity index (χ1v) is 9.64. The molecule has 4 rings (SSSR count). The molecule has 26 heavy (non-hydrogen) atoms. The Morgan fingerprint density at radius 2 is 2.04 bits per heavy atom. The zero-order valence-electron chi connectivity index (χ0n) is 14.3. The van der Waals surface area contributed by atoms with Crippen molar-refractivity contribution in [3.05, 3.63) is 47.2 Å². The Morgan fingerprint density at radius 3 is 2.88 bits per heavy atom. The first-order chi connectivity index (χ1) is 12.7. The molecule has 0 amide bonds. The molecule has 6 heteroatoms. The summed E-state index contributed by atoms with van der Waals surface area (Å²) < 4.78 is 6.92. The van der Waals surface area contributed by atoms with Gasteiger partial charge in [0.25, 0.3) is 0 Å². The zero-order valence-corrected chi connectivity index (χ0v) is 15.1. The number of pyridine rings is 1. The van der Waals surface area contributed by atoms with Gasteiger partial charge in [-0.15, -0.1) is 11.3 Å². The van der Waals surface area contributed by atoms with Gasteiger partial charge in [-0.2, -0.15) is 5.26 Å². The van der Waals surface area contributed by atoms with Crippen LogP contribution >= 0.6 is 11.3 Å². The molecular formula is C20H19N3O2S. The largest absolute Gasteiger partial charge is 0.457 e. The number of hydrogen-bond acceptors (Lipinski definition) is 6. The van der Waals surface area contributed by atoms with Crippen LogP contribution in [0.1, 0.15) is 36.4 Å². The van der Waals surface area contributed by atoms with Crippen molar-refractivity contribution in [2.45, 2.75) is 38.2 Å². The summed E-state index contributed by atoms with van der Waals surface area (Å²) in [5.74, 6) is 1.62. The Hall–Kier alpha value is -2.49. The lowest BCUT2D eigenvalue weighted by Crippen LogP contribution is -2.26. The van der Waals surface area contributed by atoms with Gasteiger partial charge in [-0.1, -0.05) is 12.8 Å². The molecule has 0 unspecified atom stereocenters. The lowest BCUT2D eigenvalue weighted by molar-refractivity contribution is 0.0700. The number of aliphatic hydroxyl groups is 1. The Bertz CT molecular complexity index is 963. The molecule has 1 N–H and O–H groups in total. The average Bonchev–Trinajstić information content (AvgIpc) is 3.05. The maximum atomic E-state index is 10.2. The molecule has 1 aliphatic rings. The van der Waals surface area contributed by atoms with Crippen molar-refractivity contribution >= 4 is 21.6 Å². The molecule has 0 saturated heterocycles. The number of aliphatic hydroxyl groups excluding tert-OH is 1. The van der Waals surface area contributed by atoms with Crippen molar-refractivity contribution in [2.24, 2.45) is 5.92 Å². The van der Waals surface area contributed by atoms with Crippen LogP contribution in [0, 0.1) is 17.2 Å². The van der Waals surface area contributed by atoms with Crippen molar-refractivity contribution in [3.8, 4) is 17.6 Å². The number of aromatic nitrogens is 2. The van der Waals surface area contributed by atoms with E-state index in [1.165, 1.54) is 6.42 Å². The van der Waals surface area contributed by atoms with Crippen LogP contribution in [0.5, 0.6) is 11.5 Å². The third-order valence-electron chi connectivity index (χ3n) is 4.79. The van der Waals surface area contributed by atoms with Gasteiger partial charge >= 0.3 is 0 Å². The zero-order chi connectivity index (χ0) is 17.9. The molecule has 1 fully saturated rings. The summed E-state index contributed by atoms with van der Waals surface area (Å²) in [5, 5.41) is 20.2. The number of ether oxygens (including phenoxy) is 1. The second-order valence-corrected chi connectivity index (χ2v) is 7.76. The molecule has 2 aromatic heterocycles. The van der Waals surface area contributed by atoms with Crippen LogP contribution in [0.4, 0.5) is 0 Å². The summed E-state index contributed by atoms with van der Waals surface area (Å²) in [6.45, 7) is 0. The van der Waals surface area contributed by atoms with Crippen molar-refractivity contribution in [1.82, 2.24) is 9.97 Å². The maximum absolute atomic E-state index is 10.2. The van der Waals surface area contributed by atoms with Gasteiger partial charge in [0.1, 0.15) is 23.3 Å². The van der Waals surface area contributed by atoms with Crippen LogP contribution in [0.2, 0.25) is 0 Å². The third-order valence-corrected chi connectivity index (χ3v) is 5.83. The van der Waals surface area contributed by atoms with E-state index in [9.17, 15) is 5.11 Å². The van der Waals surface area contributed by atoms with Crippen LogP contribution in [0.25, 0.3) is 10.2 Å². The van der Waals surface area contributed by atoms with Crippen molar-refractivity contribution < 1.29 is 9.84 Å². The molecule has 2 heterocycles.